The summed E-state index contributed by atoms with van der Waals surface area (Å²) in [5.74, 6) is 0. The summed E-state index contributed by atoms with van der Waals surface area (Å²) in [6.07, 6.45) is 6.05. The second-order valence-corrected chi connectivity index (χ2v) is 6.38. The first-order chi connectivity index (χ1) is 11.3. The Balaban J connectivity index is 1.66. The van der Waals surface area contributed by atoms with E-state index < -0.39 is 0 Å². The fourth-order valence-electron chi connectivity index (χ4n) is 3.53. The highest BCUT2D eigenvalue weighted by Gasteiger charge is 2.34. The lowest BCUT2D eigenvalue weighted by Gasteiger charge is -2.38. The standard InChI is InChI=1S/C20H24N2O/c23-19(22-18-12-6-2-7-13-18)21-16-20(14-8-3-9-15-20)17-10-4-1-5-11-17/h1-2,4-7,10-13H,3,8-9,14-16H2,(H2,21,22,23). The highest BCUT2D eigenvalue weighted by atomic mass is 16.2. The molecule has 3 rings (SSSR count). The second-order valence-electron chi connectivity index (χ2n) is 6.38. The predicted molar refractivity (Wildman–Crippen MR) is 94.7 cm³/mol. The van der Waals surface area contributed by atoms with Gasteiger partial charge in [0.15, 0.2) is 0 Å². The van der Waals surface area contributed by atoms with Crippen molar-refractivity contribution in [2.75, 3.05) is 11.9 Å². The van der Waals surface area contributed by atoms with Gasteiger partial charge in [-0.25, -0.2) is 4.79 Å². The van der Waals surface area contributed by atoms with Crippen molar-refractivity contribution in [2.45, 2.75) is 37.5 Å². The Morgan fingerprint density at radius 1 is 0.870 bits per heavy atom. The van der Waals surface area contributed by atoms with Crippen LogP contribution in [0.2, 0.25) is 0 Å². The molecule has 0 aliphatic heterocycles. The lowest BCUT2D eigenvalue weighted by Crippen LogP contribution is -2.43. The summed E-state index contributed by atoms with van der Waals surface area (Å²) < 4.78 is 0. The van der Waals surface area contributed by atoms with Gasteiger partial charge in [0.05, 0.1) is 0 Å². The topological polar surface area (TPSA) is 41.1 Å². The molecule has 3 nitrogen and oxygen atoms in total. The predicted octanol–water partition coefficient (Wildman–Crippen LogP) is 4.71. The van der Waals surface area contributed by atoms with Crippen molar-refractivity contribution >= 4 is 11.7 Å². The van der Waals surface area contributed by atoms with Crippen LogP contribution in [0.4, 0.5) is 10.5 Å². The van der Waals surface area contributed by atoms with Crippen molar-refractivity contribution < 1.29 is 4.79 Å². The monoisotopic (exact) mass is 308 g/mol. The molecule has 0 unspecified atom stereocenters. The molecule has 1 aliphatic rings. The minimum atomic E-state index is -0.128. The van der Waals surface area contributed by atoms with E-state index >= 15 is 0 Å². The third-order valence-corrected chi connectivity index (χ3v) is 4.82. The molecular formula is C20H24N2O. The van der Waals surface area contributed by atoms with Crippen molar-refractivity contribution in [3.8, 4) is 0 Å². The fourth-order valence-corrected chi connectivity index (χ4v) is 3.53. The van der Waals surface area contributed by atoms with Gasteiger partial charge in [0.2, 0.25) is 0 Å². The highest BCUT2D eigenvalue weighted by molar-refractivity contribution is 5.89. The van der Waals surface area contributed by atoms with E-state index in [2.05, 4.69) is 41.0 Å². The third kappa shape index (κ3) is 3.92. The third-order valence-electron chi connectivity index (χ3n) is 4.82. The van der Waals surface area contributed by atoms with Gasteiger partial charge in [0.25, 0.3) is 0 Å². The molecular weight excluding hydrogens is 284 g/mol. The Kier molecular flexibility index (Phi) is 4.96. The lowest BCUT2D eigenvalue weighted by atomic mass is 9.69. The average molecular weight is 308 g/mol. The SMILES string of the molecule is O=C(NCC1(c2ccccc2)CCCCC1)Nc1ccccc1. The Bertz CT molecular complexity index is 619. The molecule has 3 heteroatoms. The molecule has 23 heavy (non-hydrogen) atoms. The summed E-state index contributed by atoms with van der Waals surface area (Å²) in [6, 6.07) is 20.1. The Labute approximate surface area is 138 Å². The van der Waals surface area contributed by atoms with E-state index in [1.807, 2.05) is 30.3 Å². The van der Waals surface area contributed by atoms with E-state index in [0.717, 1.165) is 18.5 Å². The van der Waals surface area contributed by atoms with E-state index in [4.69, 9.17) is 0 Å². The molecule has 120 valence electrons. The van der Waals surface area contributed by atoms with Crippen LogP contribution in [0.3, 0.4) is 0 Å². The van der Waals surface area contributed by atoms with Crippen LogP contribution in [-0.4, -0.2) is 12.6 Å². The Hall–Kier alpha value is -2.29. The molecule has 1 fully saturated rings. The summed E-state index contributed by atoms with van der Waals surface area (Å²) >= 11 is 0. The van der Waals surface area contributed by atoms with E-state index in [0.29, 0.717) is 6.54 Å². The molecule has 0 bridgehead atoms. The van der Waals surface area contributed by atoms with Gasteiger partial charge in [0.1, 0.15) is 0 Å². The molecule has 1 aliphatic carbocycles. The zero-order valence-electron chi connectivity index (χ0n) is 13.4. The van der Waals surface area contributed by atoms with Crippen molar-refractivity contribution in [3.63, 3.8) is 0 Å². The zero-order valence-corrected chi connectivity index (χ0v) is 13.4. The number of anilines is 1. The van der Waals surface area contributed by atoms with Crippen LogP contribution in [0.15, 0.2) is 60.7 Å². The summed E-state index contributed by atoms with van der Waals surface area (Å²) in [7, 11) is 0. The average Bonchev–Trinajstić information content (AvgIpc) is 2.62. The number of urea groups is 1. The zero-order chi connectivity index (χ0) is 16.0. The van der Waals surface area contributed by atoms with Crippen molar-refractivity contribution in [1.29, 1.82) is 0 Å². The summed E-state index contributed by atoms with van der Waals surface area (Å²) in [5.41, 5.74) is 2.25. The number of carbonyl (C=O) groups is 1. The van der Waals surface area contributed by atoms with Crippen molar-refractivity contribution in [1.82, 2.24) is 5.32 Å². The number of amides is 2. The lowest BCUT2D eigenvalue weighted by molar-refractivity contribution is 0.240. The summed E-state index contributed by atoms with van der Waals surface area (Å²) in [6.45, 7) is 0.690. The van der Waals surface area contributed by atoms with Crippen LogP contribution in [0, 0.1) is 0 Å². The van der Waals surface area contributed by atoms with Gasteiger partial charge >= 0.3 is 6.03 Å². The van der Waals surface area contributed by atoms with Gasteiger partial charge in [-0.3, -0.25) is 0 Å². The van der Waals surface area contributed by atoms with Crippen LogP contribution in [0.5, 0.6) is 0 Å². The van der Waals surface area contributed by atoms with Crippen molar-refractivity contribution in [3.05, 3.63) is 66.2 Å². The van der Waals surface area contributed by atoms with Gasteiger partial charge in [-0.15, -0.1) is 0 Å². The molecule has 0 heterocycles. The number of hydrogen-bond acceptors (Lipinski definition) is 1. The van der Waals surface area contributed by atoms with Gasteiger partial charge in [0, 0.05) is 17.6 Å². The van der Waals surface area contributed by atoms with Crippen LogP contribution in [0.1, 0.15) is 37.7 Å². The number of benzene rings is 2. The molecule has 0 aromatic heterocycles. The quantitative estimate of drug-likeness (QED) is 0.843. The Morgan fingerprint density at radius 2 is 1.48 bits per heavy atom. The maximum Gasteiger partial charge on any atom is 0.319 e. The van der Waals surface area contributed by atoms with E-state index in [1.54, 1.807) is 0 Å². The number of carbonyl (C=O) groups excluding carboxylic acids is 1. The van der Waals surface area contributed by atoms with Gasteiger partial charge in [-0.2, -0.15) is 0 Å². The fraction of sp³-hybridized carbons (Fsp3) is 0.350. The van der Waals surface area contributed by atoms with E-state index in [1.165, 1.54) is 24.8 Å². The van der Waals surface area contributed by atoms with E-state index in [-0.39, 0.29) is 11.4 Å². The smallest absolute Gasteiger partial charge is 0.319 e. The normalized spacial score (nSPS) is 16.5. The van der Waals surface area contributed by atoms with Crippen LogP contribution in [0.25, 0.3) is 0 Å². The number of rotatable bonds is 4. The minimum absolute atomic E-state index is 0.0769. The number of hydrogen-bond donors (Lipinski definition) is 2. The first-order valence-electron chi connectivity index (χ1n) is 8.44. The molecule has 0 saturated heterocycles. The first kappa shape index (κ1) is 15.6. The molecule has 2 amide bonds. The Morgan fingerprint density at radius 3 is 2.13 bits per heavy atom. The highest BCUT2D eigenvalue weighted by Crippen LogP contribution is 2.38. The number of nitrogens with one attached hydrogen (secondary N) is 2. The maximum atomic E-state index is 12.2. The van der Waals surface area contributed by atoms with Gasteiger partial charge < -0.3 is 10.6 Å². The second kappa shape index (κ2) is 7.32. The molecule has 0 spiro atoms. The number of para-hydroxylation sites is 1. The van der Waals surface area contributed by atoms with Crippen LogP contribution < -0.4 is 10.6 Å². The summed E-state index contributed by atoms with van der Waals surface area (Å²) in [5, 5.41) is 5.99. The van der Waals surface area contributed by atoms with Gasteiger partial charge in [-0.05, 0) is 30.5 Å². The van der Waals surface area contributed by atoms with Crippen LogP contribution >= 0.6 is 0 Å². The van der Waals surface area contributed by atoms with Crippen LogP contribution in [-0.2, 0) is 5.41 Å². The summed E-state index contributed by atoms with van der Waals surface area (Å²) in [4.78, 5) is 12.2. The van der Waals surface area contributed by atoms with Gasteiger partial charge in [-0.1, -0.05) is 67.8 Å². The maximum absolute atomic E-state index is 12.2. The largest absolute Gasteiger partial charge is 0.337 e. The molecule has 2 N–H and O–H groups in total. The molecule has 1 saturated carbocycles. The molecule has 0 atom stereocenters. The first-order valence-corrected chi connectivity index (χ1v) is 8.44. The molecule has 0 radical (unpaired) electrons. The molecule has 2 aromatic carbocycles. The van der Waals surface area contributed by atoms with Crippen molar-refractivity contribution in [2.24, 2.45) is 0 Å². The minimum Gasteiger partial charge on any atom is -0.337 e. The van der Waals surface area contributed by atoms with E-state index in [9.17, 15) is 4.79 Å². The molecule has 2 aromatic rings.